The minimum absolute atomic E-state index is 0.00701. The largest absolute Gasteiger partial charge is 0.385 e. The first-order valence-corrected chi connectivity index (χ1v) is 9.11. The summed E-state index contributed by atoms with van der Waals surface area (Å²) in [5, 5.41) is 5.50. The summed E-state index contributed by atoms with van der Waals surface area (Å²) in [4.78, 5) is 26.2. The lowest BCUT2D eigenvalue weighted by Gasteiger charge is -2.16. The molecule has 0 bridgehead atoms. The second-order valence-electron chi connectivity index (χ2n) is 6.59. The van der Waals surface area contributed by atoms with Crippen molar-refractivity contribution in [1.29, 1.82) is 0 Å². The van der Waals surface area contributed by atoms with Crippen LogP contribution in [0.25, 0.3) is 0 Å². The van der Waals surface area contributed by atoms with Gasteiger partial charge in [0, 0.05) is 46.3 Å². The van der Waals surface area contributed by atoms with Crippen molar-refractivity contribution in [2.24, 2.45) is 5.92 Å². The van der Waals surface area contributed by atoms with Crippen molar-refractivity contribution >= 4 is 11.8 Å². The van der Waals surface area contributed by atoms with Gasteiger partial charge in [-0.3, -0.25) is 9.59 Å². The molecule has 1 fully saturated rings. The second kappa shape index (κ2) is 10.9. The standard InChI is InChI=1S/C19H28FN3O3/c1-26-12-4-10-23-11-8-15(14-23)13-22-18(24)7-9-21-19(25)16-5-2-3-6-17(16)20/h2-3,5-6,15H,4,7-14H2,1H3,(H,21,25)(H,22,24). The highest BCUT2D eigenvalue weighted by atomic mass is 19.1. The summed E-state index contributed by atoms with van der Waals surface area (Å²) < 4.78 is 18.6. The lowest BCUT2D eigenvalue weighted by Crippen LogP contribution is -2.34. The van der Waals surface area contributed by atoms with Crippen molar-refractivity contribution in [2.45, 2.75) is 19.3 Å². The predicted molar refractivity (Wildman–Crippen MR) is 97.4 cm³/mol. The Bertz CT molecular complexity index is 597. The fourth-order valence-corrected chi connectivity index (χ4v) is 3.09. The molecule has 2 N–H and O–H groups in total. The van der Waals surface area contributed by atoms with E-state index in [1.807, 2.05) is 0 Å². The number of hydrogen-bond donors (Lipinski definition) is 2. The maximum absolute atomic E-state index is 13.5. The molecule has 1 aromatic carbocycles. The van der Waals surface area contributed by atoms with E-state index in [9.17, 15) is 14.0 Å². The monoisotopic (exact) mass is 365 g/mol. The fourth-order valence-electron chi connectivity index (χ4n) is 3.09. The number of ether oxygens (including phenoxy) is 1. The van der Waals surface area contributed by atoms with E-state index in [1.165, 1.54) is 18.2 Å². The lowest BCUT2D eigenvalue weighted by atomic mass is 10.1. The molecule has 7 heteroatoms. The van der Waals surface area contributed by atoms with Gasteiger partial charge in [-0.1, -0.05) is 12.1 Å². The van der Waals surface area contributed by atoms with Crippen LogP contribution in [0.4, 0.5) is 4.39 Å². The van der Waals surface area contributed by atoms with Gasteiger partial charge in [-0.25, -0.2) is 4.39 Å². The number of carbonyl (C=O) groups excluding carboxylic acids is 2. The van der Waals surface area contributed by atoms with Gasteiger partial charge in [-0.05, 0) is 37.4 Å². The maximum atomic E-state index is 13.5. The Morgan fingerprint density at radius 3 is 2.88 bits per heavy atom. The molecule has 1 saturated heterocycles. The van der Waals surface area contributed by atoms with Crippen molar-refractivity contribution in [3.05, 3.63) is 35.6 Å². The molecule has 0 radical (unpaired) electrons. The zero-order valence-electron chi connectivity index (χ0n) is 15.3. The number of halogens is 1. The topological polar surface area (TPSA) is 70.7 Å². The molecule has 2 rings (SSSR count). The van der Waals surface area contributed by atoms with Crippen LogP contribution in [0, 0.1) is 11.7 Å². The van der Waals surface area contributed by atoms with Crippen LogP contribution in [0.3, 0.4) is 0 Å². The van der Waals surface area contributed by atoms with Crippen LogP contribution in [0.5, 0.6) is 0 Å². The first-order valence-electron chi connectivity index (χ1n) is 9.11. The fraction of sp³-hybridized carbons (Fsp3) is 0.579. The highest BCUT2D eigenvalue weighted by Crippen LogP contribution is 2.15. The summed E-state index contributed by atoms with van der Waals surface area (Å²) in [5.74, 6) is -0.699. The Morgan fingerprint density at radius 1 is 1.31 bits per heavy atom. The number of hydrogen-bond acceptors (Lipinski definition) is 4. The van der Waals surface area contributed by atoms with Gasteiger partial charge >= 0.3 is 0 Å². The van der Waals surface area contributed by atoms with Gasteiger partial charge in [-0.15, -0.1) is 0 Å². The van der Waals surface area contributed by atoms with Gasteiger partial charge in [0.15, 0.2) is 0 Å². The first kappa shape index (κ1) is 20.3. The molecule has 0 aliphatic carbocycles. The highest BCUT2D eigenvalue weighted by Gasteiger charge is 2.22. The summed E-state index contributed by atoms with van der Waals surface area (Å²) in [7, 11) is 1.71. The number of nitrogens with one attached hydrogen (secondary N) is 2. The van der Waals surface area contributed by atoms with Crippen molar-refractivity contribution in [3.8, 4) is 0 Å². The van der Waals surface area contributed by atoms with E-state index in [0.717, 1.165) is 39.1 Å². The first-order chi connectivity index (χ1) is 12.6. The molecule has 6 nitrogen and oxygen atoms in total. The Hall–Kier alpha value is -1.99. The molecule has 1 aliphatic rings. The number of methoxy groups -OCH3 is 1. The van der Waals surface area contributed by atoms with Crippen LogP contribution in [0.15, 0.2) is 24.3 Å². The SMILES string of the molecule is COCCCN1CCC(CNC(=O)CCNC(=O)c2ccccc2F)C1. The van der Waals surface area contributed by atoms with Crippen LogP contribution in [-0.4, -0.2) is 63.2 Å². The molecule has 26 heavy (non-hydrogen) atoms. The van der Waals surface area contributed by atoms with Crippen molar-refractivity contribution in [2.75, 3.05) is 46.4 Å². The van der Waals surface area contributed by atoms with Crippen molar-refractivity contribution < 1.29 is 18.7 Å². The molecule has 1 aliphatic heterocycles. The third-order valence-electron chi connectivity index (χ3n) is 4.54. The third kappa shape index (κ3) is 6.72. The Morgan fingerprint density at radius 2 is 2.12 bits per heavy atom. The Labute approximate surface area is 154 Å². The number of nitrogens with zero attached hydrogens (tertiary/aromatic N) is 1. The van der Waals surface area contributed by atoms with Gasteiger partial charge in [0.25, 0.3) is 5.91 Å². The van der Waals surface area contributed by atoms with Crippen LogP contribution < -0.4 is 10.6 Å². The molecular weight excluding hydrogens is 337 g/mol. The van der Waals surface area contributed by atoms with Crippen LogP contribution in [0.2, 0.25) is 0 Å². The molecule has 0 spiro atoms. The molecular formula is C19H28FN3O3. The van der Waals surface area contributed by atoms with E-state index in [1.54, 1.807) is 13.2 Å². The average Bonchev–Trinajstić information content (AvgIpc) is 3.08. The molecule has 144 valence electrons. The van der Waals surface area contributed by atoms with Gasteiger partial charge in [0.2, 0.25) is 5.91 Å². The third-order valence-corrected chi connectivity index (χ3v) is 4.54. The van der Waals surface area contributed by atoms with Crippen LogP contribution >= 0.6 is 0 Å². The summed E-state index contributed by atoms with van der Waals surface area (Å²) in [6.07, 6.45) is 2.29. The van der Waals surface area contributed by atoms with Gasteiger partial charge in [0.05, 0.1) is 5.56 Å². The smallest absolute Gasteiger partial charge is 0.254 e. The molecule has 1 aromatic rings. The minimum atomic E-state index is -0.564. The second-order valence-corrected chi connectivity index (χ2v) is 6.59. The Balaban J connectivity index is 1.58. The number of likely N-dealkylation sites (tertiary alicyclic amines) is 1. The number of rotatable bonds is 10. The van der Waals surface area contributed by atoms with E-state index in [-0.39, 0.29) is 24.4 Å². The molecule has 0 aromatic heterocycles. The average molecular weight is 365 g/mol. The minimum Gasteiger partial charge on any atom is -0.385 e. The quantitative estimate of drug-likeness (QED) is 0.615. The molecule has 1 unspecified atom stereocenters. The molecule has 0 saturated carbocycles. The van der Waals surface area contributed by atoms with Gasteiger partial charge in [-0.2, -0.15) is 0 Å². The predicted octanol–water partition coefficient (Wildman–Crippen LogP) is 1.42. The number of amides is 2. The lowest BCUT2D eigenvalue weighted by molar-refractivity contribution is -0.121. The molecule has 2 amide bonds. The summed E-state index contributed by atoms with van der Waals surface area (Å²) in [5.41, 5.74) is -0.00701. The van der Waals surface area contributed by atoms with E-state index < -0.39 is 11.7 Å². The van der Waals surface area contributed by atoms with Gasteiger partial charge < -0.3 is 20.3 Å². The van der Waals surface area contributed by atoms with Crippen molar-refractivity contribution in [1.82, 2.24) is 15.5 Å². The molecule has 1 atom stereocenters. The van der Waals surface area contributed by atoms with Gasteiger partial charge in [0.1, 0.15) is 5.82 Å². The van der Waals surface area contributed by atoms with E-state index >= 15 is 0 Å². The molecule has 1 heterocycles. The van der Waals surface area contributed by atoms with E-state index in [2.05, 4.69) is 15.5 Å². The maximum Gasteiger partial charge on any atom is 0.254 e. The zero-order valence-corrected chi connectivity index (χ0v) is 15.3. The number of benzene rings is 1. The summed E-state index contributed by atoms with van der Waals surface area (Å²) >= 11 is 0. The van der Waals surface area contributed by atoms with E-state index in [0.29, 0.717) is 12.5 Å². The highest BCUT2D eigenvalue weighted by molar-refractivity contribution is 5.94. The normalized spacial score (nSPS) is 17.2. The van der Waals surface area contributed by atoms with Crippen LogP contribution in [0.1, 0.15) is 29.6 Å². The zero-order chi connectivity index (χ0) is 18.8. The van der Waals surface area contributed by atoms with E-state index in [4.69, 9.17) is 4.74 Å². The number of carbonyl (C=O) groups is 2. The van der Waals surface area contributed by atoms with Crippen molar-refractivity contribution in [3.63, 3.8) is 0 Å². The Kier molecular flexibility index (Phi) is 8.50. The van der Waals surface area contributed by atoms with Crippen LogP contribution in [-0.2, 0) is 9.53 Å². The summed E-state index contributed by atoms with van der Waals surface area (Å²) in [6.45, 7) is 4.70. The summed E-state index contributed by atoms with van der Waals surface area (Å²) in [6, 6.07) is 5.79.